The van der Waals surface area contributed by atoms with Gasteiger partial charge in [0.05, 0.1) is 12.6 Å². The van der Waals surface area contributed by atoms with Gasteiger partial charge in [-0.25, -0.2) is 4.79 Å². The highest BCUT2D eigenvalue weighted by Gasteiger charge is 2.32. The van der Waals surface area contributed by atoms with Crippen molar-refractivity contribution in [1.29, 1.82) is 0 Å². The molecule has 1 aliphatic rings. The predicted molar refractivity (Wildman–Crippen MR) is 116 cm³/mol. The average Bonchev–Trinajstić information content (AvgIpc) is 3.10. The van der Waals surface area contributed by atoms with Crippen molar-refractivity contribution >= 4 is 23.3 Å². The third-order valence-electron chi connectivity index (χ3n) is 4.96. The van der Waals surface area contributed by atoms with Crippen LogP contribution in [0.25, 0.3) is 0 Å². The van der Waals surface area contributed by atoms with Crippen LogP contribution in [0.2, 0.25) is 0 Å². The van der Waals surface area contributed by atoms with E-state index in [-0.39, 0.29) is 18.0 Å². The lowest BCUT2D eigenvalue weighted by Gasteiger charge is -2.25. The molecule has 0 spiro atoms. The number of unbranched alkanes of at least 4 members (excludes halogenated alkanes) is 1. The normalized spacial score (nSPS) is 16.0. The summed E-state index contributed by atoms with van der Waals surface area (Å²) in [6, 6.07) is 16.8. The molecule has 1 saturated heterocycles. The Morgan fingerprint density at radius 3 is 2.52 bits per heavy atom. The lowest BCUT2D eigenvalue weighted by molar-refractivity contribution is -0.117. The largest absolute Gasteiger partial charge is 0.494 e. The van der Waals surface area contributed by atoms with E-state index in [0.29, 0.717) is 26.1 Å². The standard InChI is InChI=1S/C23H29N3O3/c1-3-5-15-25(19-9-7-6-8-10-19)23(28)24-18-16-22(27)26(17-18)20-11-13-21(14-12-20)29-4-2/h6-14,18H,3-5,15-17H2,1-2H3,(H,24,28)/t18-/m1/s1. The molecule has 3 amide bonds. The van der Waals surface area contributed by atoms with E-state index in [2.05, 4.69) is 12.2 Å². The van der Waals surface area contributed by atoms with Gasteiger partial charge in [-0.05, 0) is 49.7 Å². The summed E-state index contributed by atoms with van der Waals surface area (Å²) in [6.45, 7) is 5.76. The molecule has 6 nitrogen and oxygen atoms in total. The highest BCUT2D eigenvalue weighted by molar-refractivity contribution is 5.98. The Labute approximate surface area is 172 Å². The highest BCUT2D eigenvalue weighted by Crippen LogP contribution is 2.24. The van der Waals surface area contributed by atoms with Gasteiger partial charge in [0, 0.05) is 30.9 Å². The SMILES string of the molecule is CCCCN(C(=O)N[C@@H]1CC(=O)N(c2ccc(OCC)cc2)C1)c1ccccc1. The molecule has 0 radical (unpaired) electrons. The summed E-state index contributed by atoms with van der Waals surface area (Å²) >= 11 is 0. The van der Waals surface area contributed by atoms with E-state index in [1.165, 1.54) is 0 Å². The van der Waals surface area contributed by atoms with Crippen LogP contribution in [0.4, 0.5) is 16.2 Å². The van der Waals surface area contributed by atoms with Crippen LogP contribution in [0, 0.1) is 0 Å². The minimum Gasteiger partial charge on any atom is -0.494 e. The maximum absolute atomic E-state index is 12.9. The summed E-state index contributed by atoms with van der Waals surface area (Å²) in [5, 5.41) is 3.05. The highest BCUT2D eigenvalue weighted by atomic mass is 16.5. The first-order valence-electron chi connectivity index (χ1n) is 10.3. The number of rotatable bonds is 8. The molecule has 6 heteroatoms. The van der Waals surface area contributed by atoms with Crippen molar-refractivity contribution in [1.82, 2.24) is 5.32 Å². The van der Waals surface area contributed by atoms with Crippen molar-refractivity contribution in [2.45, 2.75) is 39.2 Å². The van der Waals surface area contributed by atoms with E-state index in [1.54, 1.807) is 9.80 Å². The van der Waals surface area contributed by atoms with Crippen molar-refractivity contribution in [2.75, 3.05) is 29.5 Å². The van der Waals surface area contributed by atoms with Gasteiger partial charge in [-0.15, -0.1) is 0 Å². The first kappa shape index (κ1) is 20.7. The van der Waals surface area contributed by atoms with E-state index in [9.17, 15) is 9.59 Å². The Balaban J connectivity index is 1.65. The number of amides is 3. The monoisotopic (exact) mass is 395 g/mol. The fourth-order valence-electron chi connectivity index (χ4n) is 3.47. The van der Waals surface area contributed by atoms with E-state index in [4.69, 9.17) is 4.74 Å². The molecular formula is C23H29N3O3. The summed E-state index contributed by atoms with van der Waals surface area (Å²) in [6.07, 6.45) is 2.23. The average molecular weight is 396 g/mol. The third-order valence-corrected chi connectivity index (χ3v) is 4.96. The van der Waals surface area contributed by atoms with Crippen LogP contribution in [0.5, 0.6) is 5.75 Å². The van der Waals surface area contributed by atoms with Gasteiger partial charge in [-0.3, -0.25) is 9.69 Å². The fourth-order valence-corrected chi connectivity index (χ4v) is 3.47. The molecule has 1 atom stereocenters. The third kappa shape index (κ3) is 5.28. The van der Waals surface area contributed by atoms with Crippen LogP contribution in [-0.2, 0) is 4.79 Å². The van der Waals surface area contributed by atoms with Crippen LogP contribution < -0.4 is 19.9 Å². The number of benzene rings is 2. The second-order valence-corrected chi connectivity index (χ2v) is 7.12. The number of nitrogens with one attached hydrogen (secondary N) is 1. The van der Waals surface area contributed by atoms with Crippen molar-refractivity contribution in [3.63, 3.8) is 0 Å². The maximum Gasteiger partial charge on any atom is 0.322 e. The van der Waals surface area contributed by atoms with Crippen LogP contribution in [0.1, 0.15) is 33.1 Å². The van der Waals surface area contributed by atoms with Gasteiger partial charge in [0.2, 0.25) is 5.91 Å². The Morgan fingerprint density at radius 1 is 1.14 bits per heavy atom. The number of carbonyl (C=O) groups is 2. The maximum atomic E-state index is 12.9. The number of para-hydroxylation sites is 1. The minimum atomic E-state index is -0.214. The zero-order valence-corrected chi connectivity index (χ0v) is 17.1. The first-order valence-corrected chi connectivity index (χ1v) is 10.3. The van der Waals surface area contributed by atoms with Crippen LogP contribution in [-0.4, -0.2) is 37.7 Å². The number of carbonyl (C=O) groups excluding carboxylic acids is 2. The van der Waals surface area contributed by atoms with E-state index >= 15 is 0 Å². The van der Waals surface area contributed by atoms with Gasteiger partial charge in [-0.1, -0.05) is 31.5 Å². The summed E-state index contributed by atoms with van der Waals surface area (Å²) < 4.78 is 5.46. The lowest BCUT2D eigenvalue weighted by atomic mass is 10.2. The van der Waals surface area contributed by atoms with Gasteiger partial charge < -0.3 is 15.0 Å². The second kappa shape index (κ2) is 9.96. The summed E-state index contributed by atoms with van der Waals surface area (Å²) in [5.74, 6) is 0.793. The van der Waals surface area contributed by atoms with Gasteiger partial charge in [0.1, 0.15) is 5.75 Å². The van der Waals surface area contributed by atoms with Crippen molar-refractivity contribution in [3.05, 3.63) is 54.6 Å². The molecule has 0 unspecified atom stereocenters. The van der Waals surface area contributed by atoms with Crippen LogP contribution >= 0.6 is 0 Å². The second-order valence-electron chi connectivity index (χ2n) is 7.12. The molecular weight excluding hydrogens is 366 g/mol. The van der Waals surface area contributed by atoms with E-state index in [1.807, 2.05) is 61.5 Å². The topological polar surface area (TPSA) is 61.9 Å². The van der Waals surface area contributed by atoms with Crippen molar-refractivity contribution < 1.29 is 14.3 Å². The molecule has 0 saturated carbocycles. The molecule has 1 fully saturated rings. The minimum absolute atomic E-state index is 0.0132. The molecule has 1 N–H and O–H groups in total. The number of anilines is 2. The molecule has 2 aromatic carbocycles. The quantitative estimate of drug-likeness (QED) is 0.728. The Bertz CT molecular complexity index is 808. The smallest absolute Gasteiger partial charge is 0.322 e. The molecule has 2 aromatic rings. The fraction of sp³-hybridized carbons (Fsp3) is 0.391. The van der Waals surface area contributed by atoms with Crippen molar-refractivity contribution in [3.8, 4) is 5.75 Å². The van der Waals surface area contributed by atoms with Gasteiger partial charge >= 0.3 is 6.03 Å². The molecule has 154 valence electrons. The molecule has 3 rings (SSSR count). The summed E-state index contributed by atoms with van der Waals surface area (Å²) in [7, 11) is 0. The number of urea groups is 1. The van der Waals surface area contributed by atoms with Crippen molar-refractivity contribution in [2.24, 2.45) is 0 Å². The number of nitrogens with zero attached hydrogens (tertiary/aromatic N) is 2. The van der Waals surface area contributed by atoms with Crippen LogP contribution in [0.15, 0.2) is 54.6 Å². The summed E-state index contributed by atoms with van der Waals surface area (Å²) in [4.78, 5) is 28.9. The molecule has 0 aliphatic carbocycles. The van der Waals surface area contributed by atoms with E-state index < -0.39 is 0 Å². The van der Waals surface area contributed by atoms with Gasteiger partial charge in [-0.2, -0.15) is 0 Å². The van der Waals surface area contributed by atoms with Gasteiger partial charge in [0.15, 0.2) is 0 Å². The zero-order chi connectivity index (χ0) is 20.6. The number of hydrogen-bond donors (Lipinski definition) is 1. The number of ether oxygens (including phenoxy) is 1. The Kier molecular flexibility index (Phi) is 7.11. The first-order chi connectivity index (χ1) is 14.1. The zero-order valence-electron chi connectivity index (χ0n) is 17.1. The Morgan fingerprint density at radius 2 is 1.86 bits per heavy atom. The molecule has 0 bridgehead atoms. The molecule has 0 aromatic heterocycles. The predicted octanol–water partition coefficient (Wildman–Crippen LogP) is 4.21. The number of hydrogen-bond acceptors (Lipinski definition) is 3. The molecule has 1 aliphatic heterocycles. The Hall–Kier alpha value is -3.02. The van der Waals surface area contributed by atoms with E-state index in [0.717, 1.165) is 30.0 Å². The lowest BCUT2D eigenvalue weighted by Crippen LogP contribution is -2.46. The molecule has 1 heterocycles. The summed E-state index contributed by atoms with van der Waals surface area (Å²) in [5.41, 5.74) is 1.69. The molecule has 29 heavy (non-hydrogen) atoms. The van der Waals surface area contributed by atoms with Crippen LogP contribution in [0.3, 0.4) is 0 Å². The van der Waals surface area contributed by atoms with Gasteiger partial charge in [0.25, 0.3) is 0 Å².